The van der Waals surface area contributed by atoms with Crippen LogP contribution >= 0.6 is 0 Å². The molecule has 0 aliphatic heterocycles. The monoisotopic (exact) mass is 138 g/mol. The minimum atomic E-state index is 0.0856. The van der Waals surface area contributed by atoms with E-state index >= 15 is 0 Å². The Balaban J connectivity index is 1.79. The molecule has 3 fully saturated rings. The van der Waals surface area contributed by atoms with E-state index in [2.05, 4.69) is 0 Å². The molecule has 5 atom stereocenters. The van der Waals surface area contributed by atoms with E-state index in [9.17, 15) is 5.11 Å². The Morgan fingerprint density at radius 3 is 2.40 bits per heavy atom. The zero-order valence-corrected chi connectivity index (χ0v) is 6.16. The van der Waals surface area contributed by atoms with Gasteiger partial charge in [0.15, 0.2) is 0 Å². The van der Waals surface area contributed by atoms with Crippen molar-refractivity contribution in [3.63, 3.8) is 0 Å². The fraction of sp³-hybridized carbons (Fsp3) is 1.00. The van der Waals surface area contributed by atoms with Gasteiger partial charge in [0.2, 0.25) is 0 Å². The van der Waals surface area contributed by atoms with Gasteiger partial charge in [0.25, 0.3) is 0 Å². The van der Waals surface area contributed by atoms with Gasteiger partial charge in [0, 0.05) is 0 Å². The first-order chi connectivity index (χ1) is 4.84. The molecule has 1 nitrogen and oxygen atoms in total. The molecular formula is C9H14O. The molecule has 0 bridgehead atoms. The van der Waals surface area contributed by atoms with Crippen molar-refractivity contribution in [2.75, 3.05) is 0 Å². The Hall–Kier alpha value is -0.0400. The number of hydrogen-bond acceptors (Lipinski definition) is 1. The van der Waals surface area contributed by atoms with Crippen LogP contribution in [0.5, 0.6) is 0 Å². The number of fused-ring (bicyclic) bond motifs is 2. The lowest BCUT2D eigenvalue weighted by molar-refractivity contribution is 0.133. The molecule has 0 amide bonds. The van der Waals surface area contributed by atoms with Gasteiger partial charge in [0.1, 0.15) is 0 Å². The molecule has 1 N–H and O–H groups in total. The lowest BCUT2D eigenvalue weighted by Crippen LogP contribution is -2.09. The molecule has 3 aliphatic rings. The number of rotatable bonds is 0. The number of aliphatic hydroxyl groups excluding tert-OH is 1. The fourth-order valence-electron chi connectivity index (χ4n) is 2.77. The Kier molecular flexibility index (Phi) is 0.883. The second-order valence-corrected chi connectivity index (χ2v) is 4.45. The van der Waals surface area contributed by atoms with Crippen LogP contribution in [0.25, 0.3) is 0 Å². The van der Waals surface area contributed by atoms with Gasteiger partial charge >= 0.3 is 0 Å². The molecule has 3 aliphatic carbocycles. The molecule has 0 unspecified atom stereocenters. The maximum Gasteiger partial charge on any atom is 0.0573 e. The minimum absolute atomic E-state index is 0.0856. The van der Waals surface area contributed by atoms with Gasteiger partial charge < -0.3 is 5.11 Å². The van der Waals surface area contributed by atoms with Crippen LogP contribution in [0.3, 0.4) is 0 Å². The van der Waals surface area contributed by atoms with Crippen molar-refractivity contribution in [3.8, 4) is 0 Å². The summed E-state index contributed by atoms with van der Waals surface area (Å²) in [6.07, 6.45) is 5.44. The van der Waals surface area contributed by atoms with E-state index in [1.165, 1.54) is 19.3 Å². The summed E-state index contributed by atoms with van der Waals surface area (Å²) in [7, 11) is 0. The van der Waals surface area contributed by atoms with Gasteiger partial charge in [-0.3, -0.25) is 0 Å². The van der Waals surface area contributed by atoms with Crippen LogP contribution in [0.15, 0.2) is 0 Å². The number of aliphatic hydroxyl groups is 1. The van der Waals surface area contributed by atoms with E-state index in [1.54, 1.807) is 0 Å². The highest BCUT2D eigenvalue weighted by Gasteiger charge is 2.53. The lowest BCUT2D eigenvalue weighted by atomic mass is 10.1. The van der Waals surface area contributed by atoms with Crippen molar-refractivity contribution in [2.24, 2.45) is 23.7 Å². The average Bonchev–Trinajstić information content (AvgIpc) is 2.66. The summed E-state index contributed by atoms with van der Waals surface area (Å²) in [5.74, 6) is 3.63. The summed E-state index contributed by atoms with van der Waals surface area (Å²) in [5.41, 5.74) is 0. The van der Waals surface area contributed by atoms with Gasteiger partial charge in [0.05, 0.1) is 6.10 Å². The summed E-state index contributed by atoms with van der Waals surface area (Å²) in [5, 5.41) is 9.60. The zero-order chi connectivity index (χ0) is 6.72. The van der Waals surface area contributed by atoms with Crippen molar-refractivity contribution in [1.82, 2.24) is 0 Å². The predicted octanol–water partition coefficient (Wildman–Crippen LogP) is 1.41. The Morgan fingerprint density at radius 1 is 0.800 bits per heavy atom. The van der Waals surface area contributed by atoms with Gasteiger partial charge in [-0.05, 0) is 49.4 Å². The van der Waals surface area contributed by atoms with Crippen molar-refractivity contribution in [3.05, 3.63) is 0 Å². The molecule has 0 saturated heterocycles. The molecule has 0 aromatic carbocycles. The molecule has 3 saturated carbocycles. The second kappa shape index (κ2) is 1.58. The van der Waals surface area contributed by atoms with Crippen molar-refractivity contribution in [1.29, 1.82) is 0 Å². The van der Waals surface area contributed by atoms with E-state index in [0.29, 0.717) is 0 Å². The molecule has 10 heavy (non-hydrogen) atoms. The lowest BCUT2D eigenvalue weighted by Gasteiger charge is -2.05. The summed E-state index contributed by atoms with van der Waals surface area (Å²) >= 11 is 0. The first kappa shape index (κ1) is 5.59. The maximum absolute atomic E-state index is 9.60. The van der Waals surface area contributed by atoms with Crippen LogP contribution in [0, 0.1) is 23.7 Å². The molecule has 0 radical (unpaired) electrons. The summed E-state index contributed by atoms with van der Waals surface area (Å²) in [4.78, 5) is 0. The van der Waals surface area contributed by atoms with Crippen LogP contribution in [0.4, 0.5) is 0 Å². The van der Waals surface area contributed by atoms with Gasteiger partial charge in [-0.15, -0.1) is 0 Å². The van der Waals surface area contributed by atoms with Crippen LogP contribution in [-0.4, -0.2) is 11.2 Å². The average molecular weight is 138 g/mol. The van der Waals surface area contributed by atoms with E-state index < -0.39 is 0 Å². The normalized spacial score (nSPS) is 63.9. The fourth-order valence-corrected chi connectivity index (χ4v) is 2.77. The van der Waals surface area contributed by atoms with Crippen molar-refractivity contribution >= 4 is 0 Å². The van der Waals surface area contributed by atoms with Crippen LogP contribution in [0.1, 0.15) is 25.7 Å². The number of hydrogen-bond donors (Lipinski definition) is 1. The molecule has 0 spiro atoms. The van der Waals surface area contributed by atoms with Crippen molar-refractivity contribution in [2.45, 2.75) is 31.8 Å². The van der Waals surface area contributed by atoms with E-state index in [0.717, 1.165) is 30.1 Å². The van der Waals surface area contributed by atoms with E-state index in [-0.39, 0.29) is 6.10 Å². The van der Waals surface area contributed by atoms with Gasteiger partial charge in [-0.2, -0.15) is 0 Å². The van der Waals surface area contributed by atoms with E-state index in [4.69, 9.17) is 0 Å². The minimum Gasteiger partial charge on any atom is -0.393 e. The topological polar surface area (TPSA) is 20.2 Å². The Labute approximate surface area is 61.4 Å². The predicted molar refractivity (Wildman–Crippen MR) is 38.4 cm³/mol. The molecule has 1 heteroatoms. The zero-order valence-electron chi connectivity index (χ0n) is 6.16. The Morgan fingerprint density at radius 2 is 1.50 bits per heavy atom. The van der Waals surface area contributed by atoms with Gasteiger partial charge in [-0.25, -0.2) is 0 Å². The van der Waals surface area contributed by atoms with E-state index in [1.807, 2.05) is 0 Å². The largest absolute Gasteiger partial charge is 0.393 e. The molecule has 0 aromatic heterocycles. The Bertz CT molecular complexity index is 164. The highest BCUT2D eigenvalue weighted by atomic mass is 16.3. The molecular weight excluding hydrogens is 124 g/mol. The smallest absolute Gasteiger partial charge is 0.0573 e. The summed E-state index contributed by atoms with van der Waals surface area (Å²) in [6.45, 7) is 0. The van der Waals surface area contributed by atoms with Crippen molar-refractivity contribution < 1.29 is 5.11 Å². The molecule has 0 aromatic rings. The van der Waals surface area contributed by atoms with Gasteiger partial charge in [-0.1, -0.05) is 0 Å². The highest BCUT2D eigenvalue weighted by Crippen LogP contribution is 2.59. The van der Waals surface area contributed by atoms with Crippen LogP contribution in [0.2, 0.25) is 0 Å². The summed E-state index contributed by atoms with van der Waals surface area (Å²) in [6, 6.07) is 0. The highest BCUT2D eigenvalue weighted by molar-refractivity contribution is 5.03. The molecule has 0 heterocycles. The van der Waals surface area contributed by atoms with Crippen LogP contribution < -0.4 is 0 Å². The third-order valence-corrected chi connectivity index (χ3v) is 3.69. The standard InChI is InChI=1S/C9H14O/c10-9-4-6-1-5(6)2-7-3-8(7)9/h5-10H,1-4H2/t5-,6-,7-,8-,9+/m1/s1. The maximum atomic E-state index is 9.60. The first-order valence-corrected chi connectivity index (χ1v) is 4.52. The molecule has 56 valence electrons. The molecule has 3 rings (SSSR count). The quantitative estimate of drug-likeness (QED) is 0.536. The summed E-state index contributed by atoms with van der Waals surface area (Å²) < 4.78 is 0. The third kappa shape index (κ3) is 0.672. The first-order valence-electron chi connectivity index (χ1n) is 4.52. The second-order valence-electron chi connectivity index (χ2n) is 4.45. The third-order valence-electron chi connectivity index (χ3n) is 3.69. The van der Waals surface area contributed by atoms with Crippen LogP contribution in [-0.2, 0) is 0 Å². The SMILES string of the molecule is O[C@H]1C[C@H]2C[C@@H]2C[C@@H]2C[C@H]21.